The molecule has 4 rings (SSSR count). The molecule has 0 aliphatic carbocycles. The number of anilines is 1. The Kier molecular flexibility index (Phi) is 6.60. The van der Waals surface area contributed by atoms with E-state index < -0.39 is 0 Å². The van der Waals surface area contributed by atoms with Crippen LogP contribution >= 0.6 is 0 Å². The number of aromatic nitrogens is 3. The third-order valence-electron chi connectivity index (χ3n) is 4.53. The molecule has 1 aliphatic heterocycles. The summed E-state index contributed by atoms with van der Waals surface area (Å²) in [5.74, 6) is 1.17. The Balaban J connectivity index is 0.000000755. The monoisotopic (exact) mass is 394 g/mol. The van der Waals surface area contributed by atoms with Crippen LogP contribution in [0, 0.1) is 11.3 Å². The van der Waals surface area contributed by atoms with E-state index in [9.17, 15) is 5.26 Å². The van der Waals surface area contributed by atoms with Crippen LogP contribution in [0.3, 0.4) is 0 Å². The highest BCUT2D eigenvalue weighted by molar-refractivity contribution is 5.97. The predicted molar refractivity (Wildman–Crippen MR) is 109 cm³/mol. The van der Waals surface area contributed by atoms with Crippen molar-refractivity contribution in [3.63, 3.8) is 0 Å². The maximum Gasteiger partial charge on any atom is 0.290 e. The van der Waals surface area contributed by atoms with Gasteiger partial charge < -0.3 is 25.5 Å². The van der Waals surface area contributed by atoms with E-state index in [-0.39, 0.29) is 6.47 Å². The Bertz CT molecular complexity index is 1020. The van der Waals surface area contributed by atoms with Crippen molar-refractivity contribution in [1.29, 1.82) is 5.26 Å². The third-order valence-corrected chi connectivity index (χ3v) is 4.53. The van der Waals surface area contributed by atoms with Gasteiger partial charge in [0.15, 0.2) is 5.82 Å². The van der Waals surface area contributed by atoms with Gasteiger partial charge in [-0.25, -0.2) is 9.97 Å². The molecule has 1 unspecified atom stereocenters. The molecular weight excluding hydrogens is 372 g/mol. The number of hydrogen-bond donors (Lipinski definition) is 4. The summed E-state index contributed by atoms with van der Waals surface area (Å²) in [7, 11) is 0. The summed E-state index contributed by atoms with van der Waals surface area (Å²) >= 11 is 0. The number of ether oxygens (including phenoxy) is 1. The van der Waals surface area contributed by atoms with E-state index in [0.29, 0.717) is 35.6 Å². The lowest BCUT2D eigenvalue weighted by Gasteiger charge is -2.15. The lowest BCUT2D eigenvalue weighted by Crippen LogP contribution is -2.23. The Morgan fingerprint density at radius 3 is 3.00 bits per heavy atom. The molecule has 0 bridgehead atoms. The zero-order valence-electron chi connectivity index (χ0n) is 16.0. The van der Waals surface area contributed by atoms with Gasteiger partial charge in [-0.1, -0.05) is 12.1 Å². The highest BCUT2D eigenvalue weighted by Crippen LogP contribution is 2.31. The van der Waals surface area contributed by atoms with Crippen LogP contribution in [0.1, 0.15) is 18.9 Å². The highest BCUT2D eigenvalue weighted by atomic mass is 16.5. The fourth-order valence-corrected chi connectivity index (χ4v) is 3.27. The minimum Gasteiger partial charge on any atom is -0.483 e. The number of carboxylic acid groups (broad SMARTS) is 1. The van der Waals surface area contributed by atoms with Gasteiger partial charge in [0.2, 0.25) is 0 Å². The van der Waals surface area contributed by atoms with E-state index in [0.717, 1.165) is 36.0 Å². The third kappa shape index (κ3) is 4.44. The summed E-state index contributed by atoms with van der Waals surface area (Å²) in [6, 6.07) is 8.18. The predicted octanol–water partition coefficient (Wildman–Crippen LogP) is 2.37. The van der Waals surface area contributed by atoms with Gasteiger partial charge in [0.25, 0.3) is 12.4 Å². The van der Waals surface area contributed by atoms with E-state index in [1.165, 1.54) is 0 Å². The van der Waals surface area contributed by atoms with Crippen LogP contribution in [0.5, 0.6) is 5.88 Å². The molecule has 0 radical (unpaired) electrons. The number of carbonyl (C=O) groups is 1. The first-order chi connectivity index (χ1) is 14.2. The first-order valence-corrected chi connectivity index (χ1v) is 9.27. The number of aromatic amines is 1. The van der Waals surface area contributed by atoms with E-state index >= 15 is 0 Å². The number of nitriles is 1. The van der Waals surface area contributed by atoms with Crippen molar-refractivity contribution in [1.82, 2.24) is 20.3 Å². The number of fused-ring (bicyclic) bond motifs is 1. The maximum atomic E-state index is 9.27. The lowest BCUT2D eigenvalue weighted by atomic mass is 10.1. The van der Waals surface area contributed by atoms with Gasteiger partial charge in [0.1, 0.15) is 6.07 Å². The molecule has 9 heteroatoms. The number of nitrogens with one attached hydrogen (secondary N) is 3. The molecule has 3 aromatic rings. The molecule has 1 aliphatic rings. The van der Waals surface area contributed by atoms with Crippen molar-refractivity contribution in [3.8, 4) is 23.2 Å². The molecule has 0 amide bonds. The Labute approximate surface area is 167 Å². The number of hydrogen-bond acceptors (Lipinski definition) is 7. The smallest absolute Gasteiger partial charge is 0.290 e. The average molecular weight is 394 g/mol. The van der Waals surface area contributed by atoms with Gasteiger partial charge in [-0.2, -0.15) is 5.26 Å². The van der Waals surface area contributed by atoms with Crippen LogP contribution in [-0.2, 0) is 4.79 Å². The molecule has 2 aromatic heterocycles. The number of rotatable bonds is 5. The van der Waals surface area contributed by atoms with Crippen LogP contribution in [0.25, 0.3) is 22.2 Å². The van der Waals surface area contributed by atoms with E-state index in [1.807, 2.05) is 25.3 Å². The number of benzene rings is 1. The van der Waals surface area contributed by atoms with Crippen LogP contribution in [0.4, 0.5) is 5.82 Å². The van der Waals surface area contributed by atoms with Gasteiger partial charge >= 0.3 is 0 Å². The first-order valence-electron chi connectivity index (χ1n) is 9.27. The topological polar surface area (TPSA) is 136 Å². The fourth-order valence-electron chi connectivity index (χ4n) is 3.27. The number of para-hydroxylation sites is 1. The van der Waals surface area contributed by atoms with Crippen molar-refractivity contribution in [2.75, 3.05) is 25.0 Å². The van der Waals surface area contributed by atoms with E-state index in [2.05, 4.69) is 31.7 Å². The maximum absolute atomic E-state index is 9.27. The van der Waals surface area contributed by atoms with E-state index in [4.69, 9.17) is 14.6 Å². The van der Waals surface area contributed by atoms with Gasteiger partial charge in [0, 0.05) is 29.7 Å². The van der Waals surface area contributed by atoms with Crippen LogP contribution in [-0.4, -0.2) is 52.3 Å². The molecule has 1 aromatic carbocycles. The molecular formula is C20H22N6O3. The van der Waals surface area contributed by atoms with Crippen molar-refractivity contribution >= 4 is 23.2 Å². The largest absolute Gasteiger partial charge is 0.483 e. The zero-order valence-corrected chi connectivity index (χ0v) is 16.0. The average Bonchev–Trinajstić information content (AvgIpc) is 3.39. The molecule has 3 heterocycles. The molecule has 4 N–H and O–H groups in total. The minimum atomic E-state index is -0.250. The lowest BCUT2D eigenvalue weighted by molar-refractivity contribution is -0.122. The van der Waals surface area contributed by atoms with Crippen molar-refractivity contribution in [2.45, 2.75) is 19.4 Å². The molecule has 150 valence electrons. The molecule has 1 saturated heterocycles. The number of nitrogens with zero attached hydrogens (tertiary/aromatic N) is 3. The van der Waals surface area contributed by atoms with Crippen LogP contribution in [0.15, 0.2) is 30.6 Å². The molecule has 1 fully saturated rings. The Morgan fingerprint density at radius 1 is 1.48 bits per heavy atom. The van der Waals surface area contributed by atoms with Gasteiger partial charge in [0.05, 0.1) is 29.6 Å². The summed E-state index contributed by atoms with van der Waals surface area (Å²) in [5.41, 5.74) is 3.03. The van der Waals surface area contributed by atoms with Gasteiger partial charge in [-0.05, 0) is 26.0 Å². The first kappa shape index (κ1) is 20.1. The molecule has 29 heavy (non-hydrogen) atoms. The summed E-state index contributed by atoms with van der Waals surface area (Å²) in [6.07, 6.45) is 4.66. The highest BCUT2D eigenvalue weighted by Gasteiger charge is 2.19. The van der Waals surface area contributed by atoms with Crippen molar-refractivity contribution < 1.29 is 14.6 Å². The minimum absolute atomic E-state index is 0.250. The SMILES string of the molecule is CCOc1nc(-c2c[nH]c3c(C#N)cccc23)cnc1NC1CCNC1.O=CO. The van der Waals surface area contributed by atoms with Crippen molar-refractivity contribution in [3.05, 3.63) is 36.2 Å². The molecule has 0 spiro atoms. The van der Waals surface area contributed by atoms with Crippen LogP contribution in [0.2, 0.25) is 0 Å². The summed E-state index contributed by atoms with van der Waals surface area (Å²) < 4.78 is 5.72. The summed E-state index contributed by atoms with van der Waals surface area (Å²) in [5, 5.41) is 23.8. The quantitative estimate of drug-likeness (QED) is 0.484. The Morgan fingerprint density at radius 2 is 2.31 bits per heavy atom. The zero-order chi connectivity index (χ0) is 20.6. The van der Waals surface area contributed by atoms with Gasteiger partial charge in [-0.3, -0.25) is 4.79 Å². The molecule has 9 nitrogen and oxygen atoms in total. The normalized spacial score (nSPS) is 15.2. The second-order valence-electron chi connectivity index (χ2n) is 6.32. The van der Waals surface area contributed by atoms with E-state index in [1.54, 1.807) is 12.3 Å². The summed E-state index contributed by atoms with van der Waals surface area (Å²) in [4.78, 5) is 20.8. The standard InChI is InChI=1S/C19H20N6O.CH2O2/c1-2-26-19-18(24-13-6-7-21-9-13)23-11-16(25-19)15-10-22-17-12(8-20)4-3-5-14(15)17;2-1-3/h3-5,10-11,13,21-22H,2,6-7,9H2,1H3,(H,23,24);1H,(H,2,3). The van der Waals surface area contributed by atoms with Gasteiger partial charge in [-0.15, -0.1) is 0 Å². The summed E-state index contributed by atoms with van der Waals surface area (Å²) in [6.45, 7) is 4.11. The second-order valence-corrected chi connectivity index (χ2v) is 6.32. The second kappa shape index (κ2) is 9.52. The molecule has 0 saturated carbocycles. The van der Waals surface area contributed by atoms with Crippen LogP contribution < -0.4 is 15.4 Å². The Hall–Kier alpha value is -3.64. The fraction of sp³-hybridized carbons (Fsp3) is 0.300. The van der Waals surface area contributed by atoms with Crippen molar-refractivity contribution in [2.24, 2.45) is 0 Å². The molecule has 1 atom stereocenters. The number of H-pyrrole nitrogens is 1.